The van der Waals surface area contributed by atoms with Crippen molar-refractivity contribution in [3.05, 3.63) is 52.3 Å². The van der Waals surface area contributed by atoms with E-state index in [0.717, 1.165) is 12.1 Å². The maximum atomic E-state index is 15.6. The number of H-pyrrole nitrogens is 1. The molecular formula is C20H20F4N4O3. The molecule has 1 saturated heterocycles. The molecule has 4 rings (SSSR count). The minimum absolute atomic E-state index is 0.0160. The molecule has 0 radical (unpaired) electrons. The molecule has 11 heteroatoms. The van der Waals surface area contributed by atoms with Crippen molar-refractivity contribution in [2.24, 2.45) is 0 Å². The number of alkyl halides is 4. The molecule has 3 heterocycles. The van der Waals surface area contributed by atoms with Crippen molar-refractivity contribution >= 4 is 12.0 Å². The molecule has 0 unspecified atom stereocenters. The van der Waals surface area contributed by atoms with E-state index in [1.54, 1.807) is 0 Å². The van der Waals surface area contributed by atoms with Gasteiger partial charge in [-0.05, 0) is 6.07 Å². The Balaban J connectivity index is 1.51. The van der Waals surface area contributed by atoms with E-state index in [-0.39, 0.29) is 44.7 Å². The molecule has 0 spiro atoms. The SMILES string of the molecule is O=C(O)N1CCc2[nH]nc(C(=O)N3CCC(F)(c4ccccc4C(F)(F)F)CC3)c2C1. The van der Waals surface area contributed by atoms with Crippen LogP contribution in [0.3, 0.4) is 0 Å². The Bertz CT molecular complexity index is 1010. The second-order valence-electron chi connectivity index (χ2n) is 7.78. The minimum atomic E-state index is -4.67. The van der Waals surface area contributed by atoms with Crippen molar-refractivity contribution in [1.82, 2.24) is 20.0 Å². The number of rotatable bonds is 2. The largest absolute Gasteiger partial charge is 0.465 e. The maximum absolute atomic E-state index is 15.6. The Morgan fingerprint density at radius 1 is 1.10 bits per heavy atom. The third kappa shape index (κ3) is 3.84. The number of carboxylic acid groups (broad SMARTS) is 1. The predicted octanol–water partition coefficient (Wildman–Crippen LogP) is 3.57. The van der Waals surface area contributed by atoms with Crippen LogP contribution in [-0.2, 0) is 24.8 Å². The van der Waals surface area contributed by atoms with Gasteiger partial charge in [0, 0.05) is 55.7 Å². The van der Waals surface area contributed by atoms with E-state index in [1.807, 2.05) is 0 Å². The quantitative estimate of drug-likeness (QED) is 0.699. The number of fused-ring (bicyclic) bond motifs is 1. The van der Waals surface area contributed by atoms with Crippen molar-refractivity contribution in [2.45, 2.75) is 37.7 Å². The van der Waals surface area contributed by atoms with E-state index < -0.39 is 35.0 Å². The van der Waals surface area contributed by atoms with Gasteiger partial charge in [0.05, 0.1) is 12.1 Å². The summed E-state index contributed by atoms with van der Waals surface area (Å²) in [6.07, 6.45) is -5.94. The standard InChI is InChI=1S/C20H20F4N4O3/c21-19(13-3-1-2-4-14(13)20(22,23)24)6-9-27(10-7-19)17(29)16-12-11-28(18(30)31)8-5-15(12)25-26-16/h1-4H,5-11H2,(H,25,26)(H,30,31). The van der Waals surface area contributed by atoms with Crippen molar-refractivity contribution in [3.63, 3.8) is 0 Å². The highest BCUT2D eigenvalue weighted by atomic mass is 19.4. The van der Waals surface area contributed by atoms with Gasteiger partial charge >= 0.3 is 12.3 Å². The number of nitrogens with zero attached hydrogens (tertiary/aromatic N) is 3. The van der Waals surface area contributed by atoms with Crippen LogP contribution < -0.4 is 0 Å². The first-order chi connectivity index (χ1) is 14.6. The van der Waals surface area contributed by atoms with Crippen molar-refractivity contribution < 1.29 is 32.3 Å². The summed E-state index contributed by atoms with van der Waals surface area (Å²) in [7, 11) is 0. The minimum Gasteiger partial charge on any atom is -0.465 e. The monoisotopic (exact) mass is 440 g/mol. The number of hydrogen-bond donors (Lipinski definition) is 2. The van der Waals surface area contributed by atoms with E-state index in [4.69, 9.17) is 0 Å². The molecular weight excluding hydrogens is 420 g/mol. The van der Waals surface area contributed by atoms with Crippen molar-refractivity contribution in [1.29, 1.82) is 0 Å². The number of aromatic amines is 1. The van der Waals surface area contributed by atoms with Gasteiger partial charge in [0.2, 0.25) is 0 Å². The summed E-state index contributed by atoms with van der Waals surface area (Å²) >= 11 is 0. The molecule has 1 aromatic carbocycles. The number of halogens is 4. The lowest BCUT2D eigenvalue weighted by molar-refractivity contribution is -0.140. The number of piperidine rings is 1. The van der Waals surface area contributed by atoms with Crippen LogP contribution in [0, 0.1) is 0 Å². The fourth-order valence-electron chi connectivity index (χ4n) is 4.24. The summed E-state index contributed by atoms with van der Waals surface area (Å²) in [4.78, 5) is 26.7. The van der Waals surface area contributed by atoms with Gasteiger partial charge in [-0.15, -0.1) is 0 Å². The topological polar surface area (TPSA) is 89.5 Å². The van der Waals surface area contributed by atoms with E-state index in [1.165, 1.54) is 21.9 Å². The van der Waals surface area contributed by atoms with Crippen LogP contribution in [0.15, 0.2) is 24.3 Å². The molecule has 2 aliphatic rings. The summed E-state index contributed by atoms with van der Waals surface area (Å²) in [6, 6.07) is 4.59. The van der Waals surface area contributed by atoms with Crippen LogP contribution in [-0.4, -0.2) is 56.7 Å². The first kappa shape index (κ1) is 21.1. The van der Waals surface area contributed by atoms with Crippen LogP contribution >= 0.6 is 0 Å². The van der Waals surface area contributed by atoms with E-state index in [9.17, 15) is 27.9 Å². The molecule has 166 valence electrons. The molecule has 0 aliphatic carbocycles. The smallest absolute Gasteiger partial charge is 0.416 e. The number of benzene rings is 1. The third-order valence-corrected chi connectivity index (χ3v) is 5.96. The van der Waals surface area contributed by atoms with Crippen molar-refractivity contribution in [3.8, 4) is 0 Å². The Hall–Kier alpha value is -3.11. The summed E-state index contributed by atoms with van der Waals surface area (Å²) in [5, 5.41) is 16.0. The fraction of sp³-hybridized carbons (Fsp3) is 0.450. The van der Waals surface area contributed by atoms with Crippen LogP contribution in [0.25, 0.3) is 0 Å². The molecule has 1 fully saturated rings. The molecule has 0 saturated carbocycles. The van der Waals surface area contributed by atoms with Gasteiger partial charge < -0.3 is 14.9 Å². The number of hydrogen-bond acceptors (Lipinski definition) is 3. The van der Waals surface area contributed by atoms with E-state index >= 15 is 4.39 Å². The van der Waals surface area contributed by atoms with Gasteiger partial charge in [0.1, 0.15) is 5.67 Å². The zero-order chi connectivity index (χ0) is 22.4. The summed E-state index contributed by atoms with van der Waals surface area (Å²) in [5.41, 5.74) is -2.39. The zero-order valence-corrected chi connectivity index (χ0v) is 16.4. The highest BCUT2D eigenvalue weighted by molar-refractivity contribution is 5.94. The van der Waals surface area contributed by atoms with Gasteiger partial charge in [-0.1, -0.05) is 18.2 Å². The lowest BCUT2D eigenvalue weighted by Crippen LogP contribution is -2.44. The number of likely N-dealkylation sites (tertiary alicyclic amines) is 1. The normalized spacial score (nSPS) is 18.6. The Labute approximate surface area is 174 Å². The van der Waals surface area contributed by atoms with Gasteiger partial charge in [-0.25, -0.2) is 9.18 Å². The number of amides is 2. The zero-order valence-electron chi connectivity index (χ0n) is 16.4. The van der Waals surface area contributed by atoms with Gasteiger partial charge in [-0.2, -0.15) is 18.3 Å². The molecule has 2 aliphatic heterocycles. The molecule has 2 amide bonds. The van der Waals surface area contributed by atoms with Gasteiger partial charge in [0.15, 0.2) is 5.69 Å². The first-order valence-electron chi connectivity index (χ1n) is 9.79. The molecule has 7 nitrogen and oxygen atoms in total. The number of carbonyl (C=O) groups is 2. The highest BCUT2D eigenvalue weighted by Crippen LogP contribution is 2.43. The van der Waals surface area contributed by atoms with Crippen LogP contribution in [0.1, 0.15) is 45.7 Å². The molecule has 31 heavy (non-hydrogen) atoms. The Morgan fingerprint density at radius 3 is 2.42 bits per heavy atom. The molecule has 1 aromatic heterocycles. The number of carbonyl (C=O) groups excluding carboxylic acids is 1. The van der Waals surface area contributed by atoms with Crippen LogP contribution in [0.4, 0.5) is 22.4 Å². The first-order valence-corrected chi connectivity index (χ1v) is 9.79. The summed E-state index contributed by atoms with van der Waals surface area (Å²) in [6.45, 7) is 0.143. The number of aromatic nitrogens is 2. The molecule has 2 N–H and O–H groups in total. The fourth-order valence-corrected chi connectivity index (χ4v) is 4.24. The highest BCUT2D eigenvalue weighted by Gasteiger charge is 2.44. The van der Waals surface area contributed by atoms with E-state index in [0.29, 0.717) is 17.7 Å². The summed E-state index contributed by atoms with van der Waals surface area (Å²) < 4.78 is 55.5. The average Bonchev–Trinajstić information content (AvgIpc) is 3.16. The van der Waals surface area contributed by atoms with Crippen LogP contribution in [0.2, 0.25) is 0 Å². The van der Waals surface area contributed by atoms with Crippen LogP contribution in [0.5, 0.6) is 0 Å². The van der Waals surface area contributed by atoms with Gasteiger partial charge in [-0.3, -0.25) is 9.89 Å². The lowest BCUT2D eigenvalue weighted by Gasteiger charge is -2.37. The third-order valence-electron chi connectivity index (χ3n) is 5.96. The summed E-state index contributed by atoms with van der Waals surface area (Å²) in [5.74, 6) is -0.490. The van der Waals surface area contributed by atoms with E-state index in [2.05, 4.69) is 10.2 Å². The Morgan fingerprint density at radius 2 is 1.77 bits per heavy atom. The maximum Gasteiger partial charge on any atom is 0.416 e. The molecule has 0 atom stereocenters. The lowest BCUT2D eigenvalue weighted by atomic mass is 9.83. The van der Waals surface area contributed by atoms with Gasteiger partial charge in [0.25, 0.3) is 5.91 Å². The Kier molecular flexibility index (Phi) is 5.14. The molecule has 2 aromatic rings. The predicted molar refractivity (Wildman–Crippen MR) is 100 cm³/mol. The molecule has 0 bridgehead atoms. The average molecular weight is 440 g/mol. The number of nitrogens with one attached hydrogen (secondary N) is 1. The second kappa shape index (κ2) is 7.54. The van der Waals surface area contributed by atoms with Crippen molar-refractivity contribution in [2.75, 3.05) is 19.6 Å². The second-order valence-corrected chi connectivity index (χ2v) is 7.78.